The van der Waals surface area contributed by atoms with Gasteiger partial charge in [-0.05, 0) is 49.8 Å². The van der Waals surface area contributed by atoms with E-state index in [4.69, 9.17) is 0 Å². The number of thioether (sulfide) groups is 1. The number of rotatable bonds is 8. The highest BCUT2D eigenvalue weighted by Crippen LogP contribution is 2.29. The van der Waals surface area contributed by atoms with E-state index < -0.39 is 0 Å². The Balaban J connectivity index is 1.41. The van der Waals surface area contributed by atoms with Crippen molar-refractivity contribution in [3.63, 3.8) is 0 Å². The molecule has 2 aromatic rings. The maximum atomic E-state index is 12.7. The second-order valence-electron chi connectivity index (χ2n) is 9.18. The summed E-state index contributed by atoms with van der Waals surface area (Å²) in [7, 11) is 0. The van der Waals surface area contributed by atoms with E-state index in [1.807, 2.05) is 6.07 Å². The van der Waals surface area contributed by atoms with E-state index in [2.05, 4.69) is 63.1 Å². The summed E-state index contributed by atoms with van der Waals surface area (Å²) < 4.78 is 2.19. The van der Waals surface area contributed by atoms with Crippen LogP contribution in [-0.4, -0.2) is 50.5 Å². The summed E-state index contributed by atoms with van der Waals surface area (Å²) in [5, 5.41) is 13.1. The van der Waals surface area contributed by atoms with Gasteiger partial charge in [-0.2, -0.15) is 0 Å². The first-order valence-corrected chi connectivity index (χ1v) is 12.7. The first kappa shape index (κ1) is 22.3. The summed E-state index contributed by atoms with van der Waals surface area (Å²) in [5.41, 5.74) is 1.22. The molecule has 2 aliphatic rings. The average Bonchev–Trinajstić information content (AvgIpc) is 3.42. The van der Waals surface area contributed by atoms with E-state index in [0.717, 1.165) is 43.6 Å². The summed E-state index contributed by atoms with van der Waals surface area (Å²) in [6, 6.07) is 10.7. The van der Waals surface area contributed by atoms with E-state index in [1.54, 1.807) is 0 Å². The molecule has 2 heterocycles. The molecule has 31 heavy (non-hydrogen) atoms. The number of benzene rings is 1. The molecule has 4 rings (SSSR count). The third kappa shape index (κ3) is 5.89. The first-order chi connectivity index (χ1) is 15.1. The fourth-order valence-corrected chi connectivity index (χ4v) is 5.54. The van der Waals surface area contributed by atoms with Gasteiger partial charge in [0.15, 0.2) is 5.16 Å². The van der Waals surface area contributed by atoms with Crippen molar-refractivity contribution in [3.05, 3.63) is 41.7 Å². The maximum Gasteiger partial charge on any atom is 0.230 e. The van der Waals surface area contributed by atoms with Crippen LogP contribution >= 0.6 is 11.8 Å². The number of carbonyl (C=O) groups is 1. The second-order valence-corrected chi connectivity index (χ2v) is 10.1. The molecular weight excluding hydrogens is 406 g/mol. The number of aromatic nitrogens is 3. The predicted octanol–water partition coefficient (Wildman–Crippen LogP) is 3.96. The SMILES string of the molecule is CC1CCCC(NC(=O)CSc2nnc(CN3CCCC3)n2Cc2ccccc2)C1C. The number of nitrogens with one attached hydrogen (secondary N) is 1. The number of nitrogens with zero attached hydrogens (tertiary/aromatic N) is 4. The highest BCUT2D eigenvalue weighted by molar-refractivity contribution is 7.99. The van der Waals surface area contributed by atoms with Crippen molar-refractivity contribution in [2.45, 2.75) is 70.2 Å². The fraction of sp³-hybridized carbons (Fsp3) is 0.625. The van der Waals surface area contributed by atoms with Gasteiger partial charge in [0, 0.05) is 6.04 Å². The van der Waals surface area contributed by atoms with Crippen LogP contribution in [0.15, 0.2) is 35.5 Å². The number of carbonyl (C=O) groups excluding carboxylic acids is 1. The third-order valence-electron chi connectivity index (χ3n) is 6.93. The van der Waals surface area contributed by atoms with Crippen LogP contribution in [0, 0.1) is 11.8 Å². The molecule has 1 saturated carbocycles. The molecule has 0 spiro atoms. The topological polar surface area (TPSA) is 63.1 Å². The number of likely N-dealkylation sites (tertiary alicyclic amines) is 1. The highest BCUT2D eigenvalue weighted by Gasteiger charge is 2.28. The van der Waals surface area contributed by atoms with Crippen molar-refractivity contribution in [1.82, 2.24) is 25.0 Å². The van der Waals surface area contributed by atoms with Gasteiger partial charge in [-0.15, -0.1) is 10.2 Å². The first-order valence-electron chi connectivity index (χ1n) is 11.7. The molecule has 1 aliphatic carbocycles. The summed E-state index contributed by atoms with van der Waals surface area (Å²) in [5.74, 6) is 2.69. The van der Waals surface area contributed by atoms with E-state index in [0.29, 0.717) is 23.6 Å². The molecule has 7 heteroatoms. The fourth-order valence-electron chi connectivity index (χ4n) is 4.77. The van der Waals surface area contributed by atoms with E-state index in [1.165, 1.54) is 43.0 Å². The van der Waals surface area contributed by atoms with E-state index >= 15 is 0 Å². The lowest BCUT2D eigenvalue weighted by Gasteiger charge is -2.34. The Kier molecular flexibility index (Phi) is 7.67. The van der Waals surface area contributed by atoms with Crippen molar-refractivity contribution in [2.24, 2.45) is 11.8 Å². The molecular formula is C24H35N5OS. The Bertz CT molecular complexity index is 849. The molecule has 0 radical (unpaired) electrons. The molecule has 1 N–H and O–H groups in total. The monoisotopic (exact) mass is 441 g/mol. The normalized spacial score (nSPS) is 24.4. The Morgan fingerprint density at radius 1 is 1.06 bits per heavy atom. The quantitative estimate of drug-likeness (QED) is 0.629. The zero-order valence-corrected chi connectivity index (χ0v) is 19.6. The summed E-state index contributed by atoms with van der Waals surface area (Å²) in [4.78, 5) is 15.1. The van der Waals surface area contributed by atoms with Crippen LogP contribution in [0.3, 0.4) is 0 Å². The van der Waals surface area contributed by atoms with Gasteiger partial charge in [0.1, 0.15) is 5.82 Å². The lowest BCUT2D eigenvalue weighted by Crippen LogP contribution is -2.44. The molecule has 3 atom stereocenters. The van der Waals surface area contributed by atoms with Crippen LogP contribution in [0.2, 0.25) is 0 Å². The molecule has 6 nitrogen and oxygen atoms in total. The van der Waals surface area contributed by atoms with Crippen molar-refractivity contribution >= 4 is 17.7 Å². The van der Waals surface area contributed by atoms with Gasteiger partial charge >= 0.3 is 0 Å². The van der Waals surface area contributed by atoms with Gasteiger partial charge in [-0.3, -0.25) is 9.69 Å². The molecule has 1 aromatic heterocycles. The third-order valence-corrected chi connectivity index (χ3v) is 7.89. The van der Waals surface area contributed by atoms with Gasteiger partial charge in [-0.1, -0.05) is 68.8 Å². The number of hydrogen-bond acceptors (Lipinski definition) is 5. The van der Waals surface area contributed by atoms with Crippen molar-refractivity contribution in [1.29, 1.82) is 0 Å². The number of amides is 1. The second kappa shape index (κ2) is 10.6. The van der Waals surface area contributed by atoms with Crippen LogP contribution in [0.5, 0.6) is 0 Å². The predicted molar refractivity (Wildman–Crippen MR) is 125 cm³/mol. The molecule has 168 valence electrons. The molecule has 2 fully saturated rings. The summed E-state index contributed by atoms with van der Waals surface area (Å²) >= 11 is 1.50. The minimum absolute atomic E-state index is 0.103. The van der Waals surface area contributed by atoms with Crippen molar-refractivity contribution in [2.75, 3.05) is 18.8 Å². The molecule has 3 unspecified atom stereocenters. The minimum Gasteiger partial charge on any atom is -0.352 e. The maximum absolute atomic E-state index is 12.7. The van der Waals surface area contributed by atoms with Gasteiger partial charge < -0.3 is 9.88 Å². The van der Waals surface area contributed by atoms with Crippen LogP contribution in [0.4, 0.5) is 0 Å². The van der Waals surface area contributed by atoms with Crippen molar-refractivity contribution < 1.29 is 4.79 Å². The van der Waals surface area contributed by atoms with Crippen LogP contribution in [0.1, 0.15) is 57.3 Å². The highest BCUT2D eigenvalue weighted by atomic mass is 32.2. The zero-order chi connectivity index (χ0) is 21.6. The van der Waals surface area contributed by atoms with Gasteiger partial charge in [0.05, 0.1) is 18.8 Å². The van der Waals surface area contributed by atoms with Crippen LogP contribution in [0.25, 0.3) is 0 Å². The van der Waals surface area contributed by atoms with Crippen LogP contribution in [-0.2, 0) is 17.9 Å². The van der Waals surface area contributed by atoms with Gasteiger partial charge in [-0.25, -0.2) is 0 Å². The summed E-state index contributed by atoms with van der Waals surface area (Å²) in [6.07, 6.45) is 6.07. The molecule has 0 bridgehead atoms. The van der Waals surface area contributed by atoms with Gasteiger partial charge in [0.25, 0.3) is 0 Å². The number of hydrogen-bond donors (Lipinski definition) is 1. The van der Waals surface area contributed by atoms with Gasteiger partial charge in [0.2, 0.25) is 5.91 Å². The minimum atomic E-state index is 0.103. The van der Waals surface area contributed by atoms with Crippen LogP contribution < -0.4 is 5.32 Å². The summed E-state index contributed by atoms with van der Waals surface area (Å²) in [6.45, 7) is 8.37. The Morgan fingerprint density at radius 2 is 1.84 bits per heavy atom. The van der Waals surface area contributed by atoms with Crippen molar-refractivity contribution in [3.8, 4) is 0 Å². The van der Waals surface area contributed by atoms with E-state index in [9.17, 15) is 4.79 Å². The Hall–Kier alpha value is -1.86. The smallest absolute Gasteiger partial charge is 0.230 e. The Labute approximate surface area is 190 Å². The molecule has 1 saturated heterocycles. The lowest BCUT2D eigenvalue weighted by atomic mass is 9.78. The standard InChI is InChI=1S/C24H35N5OS/c1-18-9-8-12-21(19(18)2)25-23(30)17-31-24-27-26-22(16-28-13-6-7-14-28)29(24)15-20-10-4-3-5-11-20/h3-5,10-11,18-19,21H,6-9,12-17H2,1-2H3,(H,25,30). The Morgan fingerprint density at radius 3 is 2.61 bits per heavy atom. The zero-order valence-electron chi connectivity index (χ0n) is 18.8. The van der Waals surface area contributed by atoms with E-state index in [-0.39, 0.29) is 5.91 Å². The molecule has 1 aromatic carbocycles. The largest absolute Gasteiger partial charge is 0.352 e. The average molecular weight is 442 g/mol. The lowest BCUT2D eigenvalue weighted by molar-refractivity contribution is -0.120. The molecule has 1 amide bonds. The molecule has 1 aliphatic heterocycles.